The predicted molar refractivity (Wildman–Crippen MR) is 44.9 cm³/mol. The van der Waals surface area contributed by atoms with Crippen LogP contribution < -0.4 is 0 Å². The van der Waals surface area contributed by atoms with E-state index in [1.165, 1.54) is 0 Å². The zero-order valence-corrected chi connectivity index (χ0v) is 7.69. The highest BCUT2D eigenvalue weighted by Gasteiger charge is 2.31. The summed E-state index contributed by atoms with van der Waals surface area (Å²) in [5, 5.41) is 26.4. The molecule has 16 heavy (non-hydrogen) atoms. The Kier molecular flexibility index (Phi) is 3.51. The number of carbonyl (C=O) groups is 1. The van der Waals surface area contributed by atoms with E-state index in [1.807, 2.05) is 0 Å². The highest BCUT2D eigenvalue weighted by Crippen LogP contribution is 2.25. The van der Waals surface area contributed by atoms with Crippen LogP contribution in [-0.2, 0) is 4.79 Å². The lowest BCUT2D eigenvalue weighted by Gasteiger charge is -2.15. The molecule has 0 saturated carbocycles. The topological polar surface area (TPSA) is 77.8 Å². The SMILES string of the molecule is O=C(O)C(O)C(O)c1c(F)ccc(F)c1F. The molecule has 1 aromatic carbocycles. The number of carboxylic acids is 1. The van der Waals surface area contributed by atoms with E-state index in [9.17, 15) is 18.0 Å². The van der Waals surface area contributed by atoms with Gasteiger partial charge in [0.25, 0.3) is 0 Å². The van der Waals surface area contributed by atoms with Crippen LogP contribution in [0.5, 0.6) is 0 Å². The normalized spacial score (nSPS) is 14.6. The summed E-state index contributed by atoms with van der Waals surface area (Å²) in [7, 11) is 0. The van der Waals surface area contributed by atoms with Gasteiger partial charge in [0.1, 0.15) is 11.9 Å². The van der Waals surface area contributed by atoms with Crippen molar-refractivity contribution in [2.75, 3.05) is 0 Å². The zero-order chi connectivity index (χ0) is 12.5. The second-order valence-corrected chi connectivity index (χ2v) is 2.98. The Bertz CT molecular complexity index is 421. The molecule has 0 saturated heterocycles. The molecule has 0 radical (unpaired) electrons. The molecule has 0 aliphatic rings. The number of carboxylic acid groups (broad SMARTS) is 1. The molecule has 88 valence electrons. The van der Waals surface area contributed by atoms with Crippen LogP contribution in [0.15, 0.2) is 12.1 Å². The monoisotopic (exact) mass is 236 g/mol. The van der Waals surface area contributed by atoms with Gasteiger partial charge in [0, 0.05) is 0 Å². The van der Waals surface area contributed by atoms with Crippen molar-refractivity contribution in [1.29, 1.82) is 0 Å². The van der Waals surface area contributed by atoms with Crippen molar-refractivity contribution in [3.63, 3.8) is 0 Å². The van der Waals surface area contributed by atoms with Gasteiger partial charge in [-0.25, -0.2) is 18.0 Å². The maximum atomic E-state index is 13.1. The van der Waals surface area contributed by atoms with Gasteiger partial charge in [-0.15, -0.1) is 0 Å². The maximum Gasteiger partial charge on any atom is 0.335 e. The molecule has 4 nitrogen and oxygen atoms in total. The Morgan fingerprint density at radius 1 is 1.12 bits per heavy atom. The van der Waals surface area contributed by atoms with Gasteiger partial charge in [-0.2, -0.15) is 0 Å². The van der Waals surface area contributed by atoms with Crippen molar-refractivity contribution in [2.24, 2.45) is 0 Å². The van der Waals surface area contributed by atoms with Crippen LogP contribution in [0.2, 0.25) is 0 Å². The van der Waals surface area contributed by atoms with E-state index >= 15 is 0 Å². The molecule has 0 bridgehead atoms. The van der Waals surface area contributed by atoms with E-state index in [0.29, 0.717) is 12.1 Å². The van der Waals surface area contributed by atoms with Gasteiger partial charge in [-0.05, 0) is 12.1 Å². The van der Waals surface area contributed by atoms with Crippen molar-refractivity contribution < 1.29 is 33.3 Å². The fourth-order valence-electron chi connectivity index (χ4n) is 1.11. The lowest BCUT2D eigenvalue weighted by molar-refractivity contribution is -0.153. The predicted octanol–water partition coefficient (Wildman–Crippen LogP) is 0.583. The van der Waals surface area contributed by atoms with Crippen LogP contribution in [0.25, 0.3) is 0 Å². The quantitative estimate of drug-likeness (QED) is 0.671. The van der Waals surface area contributed by atoms with Crippen LogP contribution in [-0.4, -0.2) is 27.4 Å². The summed E-state index contributed by atoms with van der Waals surface area (Å²) in [5.74, 6) is -6.40. The van der Waals surface area contributed by atoms with Crippen LogP contribution in [0.4, 0.5) is 13.2 Å². The molecule has 0 aromatic heterocycles. The minimum atomic E-state index is -2.44. The molecular weight excluding hydrogens is 229 g/mol. The summed E-state index contributed by atoms with van der Waals surface area (Å²) in [6.07, 6.45) is -4.82. The number of rotatable bonds is 3. The number of hydrogen-bond donors (Lipinski definition) is 3. The molecule has 0 spiro atoms. The number of hydrogen-bond acceptors (Lipinski definition) is 3. The highest BCUT2D eigenvalue weighted by atomic mass is 19.2. The highest BCUT2D eigenvalue weighted by molar-refractivity contribution is 5.73. The number of benzene rings is 1. The lowest BCUT2D eigenvalue weighted by atomic mass is 10.0. The van der Waals surface area contributed by atoms with Crippen molar-refractivity contribution in [1.82, 2.24) is 0 Å². The summed E-state index contributed by atoms with van der Waals surface area (Å²) in [6.45, 7) is 0. The molecule has 0 heterocycles. The number of halogens is 3. The Morgan fingerprint density at radius 3 is 2.12 bits per heavy atom. The van der Waals surface area contributed by atoms with Crippen molar-refractivity contribution >= 4 is 5.97 Å². The summed E-state index contributed by atoms with van der Waals surface area (Å²) in [4.78, 5) is 10.3. The Hall–Kier alpha value is -1.60. The third-order valence-corrected chi connectivity index (χ3v) is 1.93. The van der Waals surface area contributed by atoms with E-state index in [-0.39, 0.29) is 0 Å². The Morgan fingerprint density at radius 2 is 1.62 bits per heavy atom. The summed E-state index contributed by atoms with van der Waals surface area (Å²) >= 11 is 0. The number of aliphatic hydroxyl groups excluding tert-OH is 2. The van der Waals surface area contributed by atoms with Gasteiger partial charge in [-0.1, -0.05) is 0 Å². The van der Waals surface area contributed by atoms with Gasteiger partial charge in [0.05, 0.1) is 5.56 Å². The lowest BCUT2D eigenvalue weighted by Crippen LogP contribution is -2.29. The van der Waals surface area contributed by atoms with Crippen LogP contribution in [0.1, 0.15) is 11.7 Å². The third-order valence-electron chi connectivity index (χ3n) is 1.93. The molecular formula is C9H7F3O4. The average Bonchev–Trinajstić information content (AvgIpc) is 2.22. The summed E-state index contributed by atoms with van der Waals surface area (Å²) in [6, 6.07) is 1.000. The molecule has 2 atom stereocenters. The van der Waals surface area contributed by atoms with Gasteiger partial charge in [0.15, 0.2) is 17.7 Å². The van der Waals surface area contributed by atoms with Crippen molar-refractivity contribution in [2.45, 2.75) is 12.2 Å². The van der Waals surface area contributed by atoms with E-state index in [1.54, 1.807) is 0 Å². The fourth-order valence-corrected chi connectivity index (χ4v) is 1.11. The second-order valence-electron chi connectivity index (χ2n) is 2.98. The first-order chi connectivity index (χ1) is 7.36. The van der Waals surface area contributed by atoms with Crippen molar-refractivity contribution in [3.8, 4) is 0 Å². The second kappa shape index (κ2) is 4.50. The maximum absolute atomic E-state index is 13.1. The molecule has 2 unspecified atom stereocenters. The Balaban J connectivity index is 3.22. The van der Waals surface area contributed by atoms with Gasteiger partial charge >= 0.3 is 5.97 Å². The van der Waals surface area contributed by atoms with Gasteiger partial charge in [-0.3, -0.25) is 0 Å². The molecule has 1 rings (SSSR count). The van der Waals surface area contributed by atoms with E-state index in [4.69, 9.17) is 15.3 Å². The summed E-state index contributed by atoms with van der Waals surface area (Å²) in [5.41, 5.74) is -1.21. The molecule has 0 amide bonds. The van der Waals surface area contributed by atoms with Crippen LogP contribution in [0, 0.1) is 17.5 Å². The first-order valence-electron chi connectivity index (χ1n) is 4.08. The molecule has 3 N–H and O–H groups in total. The molecule has 1 aromatic rings. The molecule has 7 heteroatoms. The molecule has 0 aliphatic carbocycles. The van der Waals surface area contributed by atoms with Crippen LogP contribution >= 0.6 is 0 Å². The number of aliphatic hydroxyl groups is 2. The average molecular weight is 236 g/mol. The zero-order valence-electron chi connectivity index (χ0n) is 7.69. The standard InChI is InChI=1S/C9H7F3O4/c10-3-1-2-4(11)6(12)5(3)7(13)8(14)9(15)16/h1-2,7-8,13-14H,(H,15,16). The van der Waals surface area contributed by atoms with Gasteiger partial charge < -0.3 is 15.3 Å². The summed E-state index contributed by atoms with van der Waals surface area (Å²) < 4.78 is 38.8. The molecule has 0 aliphatic heterocycles. The number of aliphatic carboxylic acids is 1. The van der Waals surface area contributed by atoms with E-state index in [2.05, 4.69) is 0 Å². The van der Waals surface area contributed by atoms with Crippen molar-refractivity contribution in [3.05, 3.63) is 35.1 Å². The minimum Gasteiger partial charge on any atom is -0.479 e. The smallest absolute Gasteiger partial charge is 0.335 e. The minimum absolute atomic E-state index is 0.480. The van der Waals surface area contributed by atoms with Crippen LogP contribution in [0.3, 0.4) is 0 Å². The van der Waals surface area contributed by atoms with E-state index in [0.717, 1.165) is 0 Å². The van der Waals surface area contributed by atoms with Gasteiger partial charge in [0.2, 0.25) is 0 Å². The first kappa shape index (κ1) is 12.5. The first-order valence-corrected chi connectivity index (χ1v) is 4.08. The largest absolute Gasteiger partial charge is 0.479 e. The Labute approximate surface area is 87.6 Å². The van der Waals surface area contributed by atoms with E-state index < -0.39 is 41.2 Å². The third kappa shape index (κ3) is 2.15. The fraction of sp³-hybridized carbons (Fsp3) is 0.222. The molecule has 0 fully saturated rings.